The van der Waals surface area contributed by atoms with Crippen LogP contribution in [0.3, 0.4) is 0 Å². The Hall–Kier alpha value is -2.22. The van der Waals surface area contributed by atoms with Crippen LogP contribution in [0.1, 0.15) is 24.0 Å². The number of ether oxygens (including phenoxy) is 1. The van der Waals surface area contributed by atoms with Crippen LogP contribution in [-0.4, -0.2) is 51.2 Å². The van der Waals surface area contributed by atoms with Crippen LogP contribution in [0.15, 0.2) is 60.7 Å². The predicted octanol–water partition coefficient (Wildman–Crippen LogP) is 2.31. The Morgan fingerprint density at radius 2 is 1.62 bits per heavy atom. The average Bonchev–Trinajstić information content (AvgIpc) is 2.73. The summed E-state index contributed by atoms with van der Waals surface area (Å²) in [7, 11) is -3.52. The van der Waals surface area contributed by atoms with Gasteiger partial charge in [-0.15, -0.1) is 0 Å². The van der Waals surface area contributed by atoms with E-state index in [0.717, 1.165) is 24.7 Å². The van der Waals surface area contributed by atoms with Crippen LogP contribution in [-0.2, 0) is 31.5 Å². The van der Waals surface area contributed by atoms with Crippen molar-refractivity contribution in [1.29, 1.82) is 0 Å². The summed E-state index contributed by atoms with van der Waals surface area (Å²) in [5.41, 5.74) is 1.83. The minimum atomic E-state index is -3.52. The summed E-state index contributed by atoms with van der Waals surface area (Å²) in [6, 6.07) is 19.4. The maximum absolute atomic E-state index is 12.7. The zero-order valence-corrected chi connectivity index (χ0v) is 17.5. The van der Waals surface area contributed by atoms with Gasteiger partial charge < -0.3 is 10.1 Å². The van der Waals surface area contributed by atoms with Crippen molar-refractivity contribution in [2.45, 2.75) is 24.8 Å². The molecule has 1 fully saturated rings. The van der Waals surface area contributed by atoms with E-state index >= 15 is 0 Å². The molecule has 0 spiro atoms. The number of amides is 1. The van der Waals surface area contributed by atoms with E-state index < -0.39 is 10.0 Å². The molecular weight excluding hydrogens is 388 g/mol. The van der Waals surface area contributed by atoms with Gasteiger partial charge in [-0.3, -0.25) is 4.79 Å². The minimum absolute atomic E-state index is 0.171. The standard InChI is InChI=1S/C22H28N2O4S/c1-29(26,27)24(16-19-8-4-2-5-9-19)17-21(25)23-18-22(12-14-28-15-13-22)20-10-6-3-7-11-20/h2-11H,12-18H2,1H3,(H,23,25). The van der Waals surface area contributed by atoms with Gasteiger partial charge in [0.25, 0.3) is 0 Å². The van der Waals surface area contributed by atoms with Gasteiger partial charge in [0, 0.05) is 31.7 Å². The fourth-order valence-corrected chi connectivity index (χ4v) is 4.42. The number of hydrogen-bond acceptors (Lipinski definition) is 4. The van der Waals surface area contributed by atoms with Gasteiger partial charge in [-0.25, -0.2) is 8.42 Å². The van der Waals surface area contributed by atoms with Gasteiger partial charge in [-0.05, 0) is 24.0 Å². The predicted molar refractivity (Wildman–Crippen MR) is 113 cm³/mol. The smallest absolute Gasteiger partial charge is 0.235 e. The first-order valence-electron chi connectivity index (χ1n) is 9.78. The Morgan fingerprint density at radius 1 is 1.03 bits per heavy atom. The summed E-state index contributed by atoms with van der Waals surface area (Å²) in [6.07, 6.45) is 2.77. The van der Waals surface area contributed by atoms with E-state index in [1.165, 1.54) is 9.87 Å². The third kappa shape index (κ3) is 5.88. The fraction of sp³-hybridized carbons (Fsp3) is 0.409. The van der Waals surface area contributed by atoms with Crippen LogP contribution >= 0.6 is 0 Å². The highest BCUT2D eigenvalue weighted by atomic mass is 32.2. The maximum atomic E-state index is 12.7. The van der Waals surface area contributed by atoms with Crippen LogP contribution in [0.5, 0.6) is 0 Å². The first-order valence-corrected chi connectivity index (χ1v) is 11.6. The van der Waals surface area contributed by atoms with Crippen molar-refractivity contribution < 1.29 is 17.9 Å². The zero-order valence-electron chi connectivity index (χ0n) is 16.7. The summed E-state index contributed by atoms with van der Waals surface area (Å²) >= 11 is 0. The lowest BCUT2D eigenvalue weighted by Gasteiger charge is -2.38. The van der Waals surface area contributed by atoms with Crippen molar-refractivity contribution >= 4 is 15.9 Å². The normalized spacial score (nSPS) is 16.5. The molecule has 1 heterocycles. The van der Waals surface area contributed by atoms with E-state index in [-0.39, 0.29) is 24.4 Å². The SMILES string of the molecule is CS(=O)(=O)N(CC(=O)NCC1(c2ccccc2)CCOCC1)Cc1ccccc1. The van der Waals surface area contributed by atoms with E-state index in [2.05, 4.69) is 17.4 Å². The van der Waals surface area contributed by atoms with E-state index in [1.54, 1.807) is 0 Å². The molecule has 29 heavy (non-hydrogen) atoms. The molecule has 1 saturated heterocycles. The Kier molecular flexibility index (Phi) is 7.05. The number of benzene rings is 2. The minimum Gasteiger partial charge on any atom is -0.381 e. The third-order valence-electron chi connectivity index (χ3n) is 5.45. The fourth-order valence-electron chi connectivity index (χ4n) is 3.68. The van der Waals surface area contributed by atoms with Gasteiger partial charge in [0.1, 0.15) is 0 Å². The summed E-state index contributed by atoms with van der Waals surface area (Å²) < 4.78 is 31.1. The molecule has 1 aliphatic rings. The summed E-state index contributed by atoms with van der Waals surface area (Å²) in [5, 5.41) is 2.98. The van der Waals surface area contributed by atoms with Crippen molar-refractivity contribution in [2.24, 2.45) is 0 Å². The number of carbonyl (C=O) groups is 1. The summed E-state index contributed by atoms with van der Waals surface area (Å²) in [4.78, 5) is 12.7. The molecule has 7 heteroatoms. The number of sulfonamides is 1. The number of nitrogens with zero attached hydrogens (tertiary/aromatic N) is 1. The second-order valence-electron chi connectivity index (χ2n) is 7.55. The van der Waals surface area contributed by atoms with Gasteiger partial charge in [0.15, 0.2) is 0 Å². The molecule has 2 aromatic carbocycles. The lowest BCUT2D eigenvalue weighted by molar-refractivity contribution is -0.121. The molecule has 0 radical (unpaired) electrons. The van der Waals surface area contributed by atoms with E-state index in [0.29, 0.717) is 19.8 Å². The average molecular weight is 417 g/mol. The largest absolute Gasteiger partial charge is 0.381 e. The van der Waals surface area contributed by atoms with Crippen molar-refractivity contribution in [3.8, 4) is 0 Å². The quantitative estimate of drug-likeness (QED) is 0.717. The number of nitrogens with one attached hydrogen (secondary N) is 1. The van der Waals surface area contributed by atoms with Crippen molar-refractivity contribution in [2.75, 3.05) is 32.6 Å². The van der Waals surface area contributed by atoms with Gasteiger partial charge in [-0.1, -0.05) is 60.7 Å². The molecule has 6 nitrogen and oxygen atoms in total. The van der Waals surface area contributed by atoms with Gasteiger partial charge in [0.2, 0.25) is 15.9 Å². The number of carbonyl (C=O) groups excluding carboxylic acids is 1. The molecule has 0 unspecified atom stereocenters. The van der Waals surface area contributed by atoms with Crippen LogP contribution in [0, 0.1) is 0 Å². The molecule has 0 aromatic heterocycles. The van der Waals surface area contributed by atoms with Crippen LogP contribution in [0.4, 0.5) is 0 Å². The maximum Gasteiger partial charge on any atom is 0.235 e. The van der Waals surface area contributed by atoms with Gasteiger partial charge in [0.05, 0.1) is 12.8 Å². The van der Waals surface area contributed by atoms with E-state index in [4.69, 9.17) is 4.74 Å². The highest BCUT2D eigenvalue weighted by Crippen LogP contribution is 2.34. The lowest BCUT2D eigenvalue weighted by Crippen LogP contribution is -2.47. The van der Waals surface area contributed by atoms with Crippen molar-refractivity contribution in [3.63, 3.8) is 0 Å². The van der Waals surface area contributed by atoms with Gasteiger partial charge in [-0.2, -0.15) is 4.31 Å². The monoisotopic (exact) mass is 416 g/mol. The van der Waals surface area contributed by atoms with Crippen LogP contribution in [0.25, 0.3) is 0 Å². The summed E-state index contributed by atoms with van der Waals surface area (Å²) in [6.45, 7) is 1.73. The van der Waals surface area contributed by atoms with Crippen LogP contribution < -0.4 is 5.32 Å². The molecule has 0 atom stereocenters. The molecule has 0 saturated carbocycles. The Morgan fingerprint density at radius 3 is 2.21 bits per heavy atom. The molecular formula is C22H28N2O4S. The zero-order chi connectivity index (χ0) is 20.7. The topological polar surface area (TPSA) is 75.7 Å². The number of rotatable bonds is 8. The molecule has 1 aliphatic heterocycles. The first kappa shape index (κ1) is 21.5. The van der Waals surface area contributed by atoms with Crippen molar-refractivity contribution in [3.05, 3.63) is 71.8 Å². The van der Waals surface area contributed by atoms with Gasteiger partial charge >= 0.3 is 0 Å². The molecule has 0 bridgehead atoms. The molecule has 0 aliphatic carbocycles. The second-order valence-corrected chi connectivity index (χ2v) is 9.53. The molecule has 2 aromatic rings. The Bertz CT molecular complexity index is 895. The van der Waals surface area contributed by atoms with E-state index in [9.17, 15) is 13.2 Å². The first-order chi connectivity index (χ1) is 13.9. The second kappa shape index (κ2) is 9.52. The highest BCUT2D eigenvalue weighted by molar-refractivity contribution is 7.88. The number of hydrogen-bond donors (Lipinski definition) is 1. The Labute approximate surface area is 172 Å². The van der Waals surface area contributed by atoms with Crippen molar-refractivity contribution in [1.82, 2.24) is 9.62 Å². The molecule has 1 N–H and O–H groups in total. The van der Waals surface area contributed by atoms with Crippen LogP contribution in [0.2, 0.25) is 0 Å². The lowest BCUT2D eigenvalue weighted by atomic mass is 9.74. The highest BCUT2D eigenvalue weighted by Gasteiger charge is 2.35. The Balaban J connectivity index is 1.67. The summed E-state index contributed by atoms with van der Waals surface area (Å²) in [5.74, 6) is -0.298. The third-order valence-corrected chi connectivity index (χ3v) is 6.65. The molecule has 3 rings (SSSR count). The van der Waals surface area contributed by atoms with E-state index in [1.807, 2.05) is 48.5 Å². The molecule has 1 amide bonds. The molecule has 156 valence electrons.